The van der Waals surface area contributed by atoms with Gasteiger partial charge in [-0.1, -0.05) is 12.1 Å². The molecule has 0 spiro atoms. The van der Waals surface area contributed by atoms with Crippen LogP contribution in [0.15, 0.2) is 47.4 Å². The Morgan fingerprint density at radius 2 is 1.89 bits per heavy atom. The summed E-state index contributed by atoms with van der Waals surface area (Å²) in [4.78, 5) is 11.9. The third kappa shape index (κ3) is 3.76. The van der Waals surface area contributed by atoms with Crippen molar-refractivity contribution in [1.82, 2.24) is 0 Å². The Morgan fingerprint density at radius 3 is 2.52 bits per heavy atom. The summed E-state index contributed by atoms with van der Waals surface area (Å²) in [6.45, 7) is 1.59. The molecule has 2 aromatic rings. The molecule has 10 heteroatoms. The second-order valence-corrected chi connectivity index (χ2v) is 9.60. The minimum atomic E-state index is -4.01. The normalized spacial score (nSPS) is 16.4. The van der Waals surface area contributed by atoms with E-state index in [0.29, 0.717) is 21.3 Å². The maximum absolute atomic E-state index is 12.8. The fourth-order valence-corrected chi connectivity index (χ4v) is 5.54. The Labute approximate surface area is 157 Å². The van der Waals surface area contributed by atoms with E-state index in [-0.39, 0.29) is 22.8 Å². The SMILES string of the molecule is COc1cccc(NS(=O)(=O)c2cc(N3C(=O)CCS3(=O)=O)ccc2C)c1. The Morgan fingerprint density at radius 1 is 1.15 bits per heavy atom. The molecule has 1 heterocycles. The summed E-state index contributed by atoms with van der Waals surface area (Å²) in [6, 6.07) is 10.5. The van der Waals surface area contributed by atoms with Crippen LogP contribution in [0.5, 0.6) is 5.75 Å². The van der Waals surface area contributed by atoms with Crippen molar-refractivity contribution in [2.24, 2.45) is 0 Å². The van der Waals surface area contributed by atoms with Gasteiger partial charge in [-0.3, -0.25) is 9.52 Å². The molecule has 1 aliphatic rings. The summed E-state index contributed by atoms with van der Waals surface area (Å²) in [7, 11) is -6.33. The largest absolute Gasteiger partial charge is 0.497 e. The number of carbonyl (C=O) groups is 1. The van der Waals surface area contributed by atoms with Gasteiger partial charge in [-0.2, -0.15) is 0 Å². The van der Waals surface area contributed by atoms with Crippen LogP contribution in [0.3, 0.4) is 0 Å². The third-order valence-electron chi connectivity index (χ3n) is 4.10. The highest BCUT2D eigenvalue weighted by Crippen LogP contribution is 2.30. The number of anilines is 2. The molecule has 0 aliphatic carbocycles. The molecule has 1 saturated heterocycles. The van der Waals surface area contributed by atoms with E-state index in [9.17, 15) is 21.6 Å². The molecule has 0 radical (unpaired) electrons. The summed E-state index contributed by atoms with van der Waals surface area (Å²) >= 11 is 0. The van der Waals surface area contributed by atoms with Gasteiger partial charge in [-0.25, -0.2) is 21.1 Å². The van der Waals surface area contributed by atoms with Crippen molar-refractivity contribution < 1.29 is 26.4 Å². The Kier molecular flexibility index (Phi) is 4.87. The maximum Gasteiger partial charge on any atom is 0.262 e. The van der Waals surface area contributed by atoms with Gasteiger partial charge in [0.25, 0.3) is 10.0 Å². The number of nitrogens with zero attached hydrogens (tertiary/aromatic N) is 1. The van der Waals surface area contributed by atoms with Gasteiger partial charge in [0, 0.05) is 12.5 Å². The molecule has 2 aromatic carbocycles. The zero-order chi connectivity index (χ0) is 19.8. The number of amides is 1. The van der Waals surface area contributed by atoms with Gasteiger partial charge in [-0.15, -0.1) is 0 Å². The monoisotopic (exact) mass is 410 g/mol. The van der Waals surface area contributed by atoms with Crippen LogP contribution in [0, 0.1) is 6.92 Å². The molecule has 1 N–H and O–H groups in total. The van der Waals surface area contributed by atoms with Crippen LogP contribution in [0.25, 0.3) is 0 Å². The molecule has 144 valence electrons. The number of nitrogens with one attached hydrogen (secondary N) is 1. The molecular weight excluding hydrogens is 392 g/mol. The second-order valence-electron chi connectivity index (χ2n) is 6.01. The smallest absolute Gasteiger partial charge is 0.262 e. The molecule has 0 aromatic heterocycles. The van der Waals surface area contributed by atoms with E-state index in [1.807, 2.05) is 0 Å². The summed E-state index contributed by atoms with van der Waals surface area (Å²) in [5.74, 6) is -0.387. The average Bonchev–Trinajstić information content (AvgIpc) is 2.88. The number of aryl methyl sites for hydroxylation is 1. The highest BCUT2D eigenvalue weighted by Gasteiger charge is 2.37. The number of hydrogen-bond acceptors (Lipinski definition) is 6. The molecule has 1 fully saturated rings. The van der Waals surface area contributed by atoms with Gasteiger partial charge in [0.05, 0.1) is 29.1 Å². The minimum Gasteiger partial charge on any atom is -0.497 e. The molecule has 0 atom stereocenters. The highest BCUT2D eigenvalue weighted by atomic mass is 32.2. The predicted octanol–water partition coefficient (Wildman–Crippen LogP) is 1.87. The Balaban J connectivity index is 2.02. The Hall–Kier alpha value is -2.59. The van der Waals surface area contributed by atoms with Crippen LogP contribution in [0.2, 0.25) is 0 Å². The van der Waals surface area contributed by atoms with E-state index < -0.39 is 26.0 Å². The number of ether oxygens (including phenoxy) is 1. The van der Waals surface area contributed by atoms with Crippen molar-refractivity contribution in [1.29, 1.82) is 0 Å². The standard InChI is InChI=1S/C17H18N2O6S2/c1-12-6-7-14(19-17(20)8-9-26(19,21)22)11-16(12)27(23,24)18-13-4-3-5-15(10-13)25-2/h3-7,10-11,18H,8-9H2,1-2H3. The molecular formula is C17H18N2O6S2. The average molecular weight is 410 g/mol. The van der Waals surface area contributed by atoms with Crippen LogP contribution in [-0.2, 0) is 24.8 Å². The first-order valence-electron chi connectivity index (χ1n) is 7.97. The van der Waals surface area contributed by atoms with Gasteiger partial charge in [-0.05, 0) is 36.8 Å². The number of benzene rings is 2. The molecule has 27 heavy (non-hydrogen) atoms. The van der Waals surface area contributed by atoms with E-state index in [2.05, 4.69) is 4.72 Å². The molecule has 1 amide bonds. The lowest BCUT2D eigenvalue weighted by atomic mass is 10.2. The first kappa shape index (κ1) is 19.2. The summed E-state index contributed by atoms with van der Waals surface area (Å²) < 4.78 is 58.0. The van der Waals surface area contributed by atoms with Crippen molar-refractivity contribution in [3.63, 3.8) is 0 Å². The quantitative estimate of drug-likeness (QED) is 0.806. The van der Waals surface area contributed by atoms with Crippen molar-refractivity contribution in [3.8, 4) is 5.75 Å². The second kappa shape index (κ2) is 6.86. The summed E-state index contributed by atoms with van der Waals surface area (Å²) in [5, 5.41) is 0. The van der Waals surface area contributed by atoms with Crippen LogP contribution < -0.4 is 13.8 Å². The molecule has 0 saturated carbocycles. The van der Waals surface area contributed by atoms with Crippen molar-refractivity contribution in [3.05, 3.63) is 48.0 Å². The van der Waals surface area contributed by atoms with Crippen molar-refractivity contribution >= 4 is 37.3 Å². The van der Waals surface area contributed by atoms with E-state index in [1.165, 1.54) is 31.4 Å². The molecule has 0 unspecified atom stereocenters. The topological polar surface area (TPSA) is 110 Å². The lowest BCUT2D eigenvalue weighted by molar-refractivity contribution is -0.116. The molecule has 8 nitrogen and oxygen atoms in total. The zero-order valence-corrected chi connectivity index (χ0v) is 16.3. The van der Waals surface area contributed by atoms with Crippen LogP contribution in [-0.4, -0.2) is 35.6 Å². The van der Waals surface area contributed by atoms with Gasteiger partial charge >= 0.3 is 0 Å². The fourth-order valence-electron chi connectivity index (χ4n) is 2.77. The van der Waals surface area contributed by atoms with E-state index in [4.69, 9.17) is 4.74 Å². The molecule has 0 bridgehead atoms. The zero-order valence-electron chi connectivity index (χ0n) is 14.7. The first-order valence-corrected chi connectivity index (χ1v) is 11.1. The van der Waals surface area contributed by atoms with Crippen molar-refractivity contribution in [2.45, 2.75) is 18.2 Å². The summed E-state index contributed by atoms with van der Waals surface area (Å²) in [5.41, 5.74) is 0.719. The van der Waals surface area contributed by atoms with Gasteiger partial charge in [0.15, 0.2) is 0 Å². The fraction of sp³-hybridized carbons (Fsp3) is 0.235. The Bertz CT molecular complexity index is 1110. The lowest BCUT2D eigenvalue weighted by Gasteiger charge is -2.17. The first-order chi connectivity index (χ1) is 12.6. The molecule has 1 aliphatic heterocycles. The number of methoxy groups -OCH3 is 1. The number of carbonyl (C=O) groups excluding carboxylic acids is 1. The minimum absolute atomic E-state index is 0.00844. The van der Waals surface area contributed by atoms with Crippen LogP contribution in [0.1, 0.15) is 12.0 Å². The van der Waals surface area contributed by atoms with Crippen LogP contribution >= 0.6 is 0 Å². The van der Waals surface area contributed by atoms with Gasteiger partial charge in [0.1, 0.15) is 5.75 Å². The summed E-state index contributed by atoms with van der Waals surface area (Å²) in [6.07, 6.45) is -0.125. The van der Waals surface area contributed by atoms with Crippen LogP contribution in [0.4, 0.5) is 11.4 Å². The van der Waals surface area contributed by atoms with Gasteiger partial charge in [0.2, 0.25) is 15.9 Å². The number of hydrogen-bond donors (Lipinski definition) is 1. The van der Waals surface area contributed by atoms with E-state index in [0.717, 1.165) is 0 Å². The maximum atomic E-state index is 12.8. The van der Waals surface area contributed by atoms with E-state index >= 15 is 0 Å². The number of sulfonamides is 2. The number of rotatable bonds is 5. The highest BCUT2D eigenvalue weighted by molar-refractivity contribution is 7.94. The van der Waals surface area contributed by atoms with E-state index in [1.54, 1.807) is 25.1 Å². The third-order valence-corrected chi connectivity index (χ3v) is 7.31. The molecule has 3 rings (SSSR count). The van der Waals surface area contributed by atoms with Crippen molar-refractivity contribution in [2.75, 3.05) is 21.9 Å². The lowest BCUT2D eigenvalue weighted by Crippen LogP contribution is -2.29. The predicted molar refractivity (Wildman–Crippen MR) is 101 cm³/mol. The van der Waals surface area contributed by atoms with Gasteiger partial charge < -0.3 is 4.74 Å².